The van der Waals surface area contributed by atoms with Crippen LogP contribution in [0.3, 0.4) is 0 Å². The Morgan fingerprint density at radius 2 is 1.88 bits per heavy atom. The molecule has 2 aliphatic rings. The average Bonchev–Trinajstić information content (AvgIpc) is 3.27. The normalized spacial score (nSPS) is 19.8. The first kappa shape index (κ1) is 20.6. The molecule has 9 heteroatoms. The summed E-state index contributed by atoms with van der Waals surface area (Å²) >= 11 is 1.24. The molecular formula is C16H26ClN3O3S2. The number of carbonyl (C=O) groups is 1. The van der Waals surface area contributed by atoms with Crippen molar-refractivity contribution in [3.63, 3.8) is 0 Å². The Morgan fingerprint density at radius 1 is 1.24 bits per heavy atom. The Labute approximate surface area is 160 Å². The molecular weight excluding hydrogens is 382 g/mol. The van der Waals surface area contributed by atoms with Crippen LogP contribution in [0.25, 0.3) is 0 Å². The van der Waals surface area contributed by atoms with Crippen LogP contribution in [-0.2, 0) is 10.0 Å². The second-order valence-corrected chi connectivity index (χ2v) is 9.34. The van der Waals surface area contributed by atoms with Crippen molar-refractivity contribution in [1.29, 1.82) is 0 Å². The summed E-state index contributed by atoms with van der Waals surface area (Å²) in [7, 11) is -1.60. The van der Waals surface area contributed by atoms with Gasteiger partial charge in [0.05, 0.1) is 0 Å². The van der Waals surface area contributed by atoms with Gasteiger partial charge in [-0.1, -0.05) is 0 Å². The highest BCUT2D eigenvalue weighted by Gasteiger charge is 2.34. The van der Waals surface area contributed by atoms with Crippen molar-refractivity contribution in [3.8, 4) is 0 Å². The highest BCUT2D eigenvalue weighted by molar-refractivity contribution is 7.89. The fourth-order valence-corrected chi connectivity index (χ4v) is 6.38. The third kappa shape index (κ3) is 4.36. The average molecular weight is 408 g/mol. The van der Waals surface area contributed by atoms with E-state index >= 15 is 0 Å². The van der Waals surface area contributed by atoms with E-state index in [0.717, 1.165) is 32.2 Å². The van der Waals surface area contributed by atoms with Gasteiger partial charge >= 0.3 is 0 Å². The third-order valence-corrected chi connectivity index (χ3v) is 7.87. The molecule has 0 unspecified atom stereocenters. The van der Waals surface area contributed by atoms with Gasteiger partial charge < -0.3 is 10.2 Å². The molecule has 1 aromatic rings. The molecule has 0 atom stereocenters. The molecule has 0 aliphatic carbocycles. The first-order valence-corrected chi connectivity index (χ1v) is 10.9. The van der Waals surface area contributed by atoms with E-state index in [9.17, 15) is 13.2 Å². The maximum Gasteiger partial charge on any atom is 0.265 e. The second kappa shape index (κ2) is 8.81. The highest BCUT2D eigenvalue weighted by atomic mass is 35.5. The molecule has 0 bridgehead atoms. The third-order valence-electron chi connectivity index (χ3n) is 4.90. The monoisotopic (exact) mass is 407 g/mol. The highest BCUT2D eigenvalue weighted by Crippen LogP contribution is 2.29. The van der Waals surface area contributed by atoms with Crippen molar-refractivity contribution in [2.24, 2.45) is 5.92 Å². The van der Waals surface area contributed by atoms with E-state index < -0.39 is 10.0 Å². The lowest BCUT2D eigenvalue weighted by molar-refractivity contribution is 0.0692. The van der Waals surface area contributed by atoms with Crippen LogP contribution in [0.2, 0.25) is 0 Å². The van der Waals surface area contributed by atoms with Gasteiger partial charge in [-0.05, 0) is 56.6 Å². The van der Waals surface area contributed by atoms with E-state index in [0.29, 0.717) is 37.0 Å². The number of sulfonamides is 1. The zero-order chi connectivity index (χ0) is 17.2. The SMILES string of the molecule is CNCC1CCN(C(=O)c2sccc2S(=O)(=O)N2CCCC2)CC1.Cl. The summed E-state index contributed by atoms with van der Waals surface area (Å²) in [5.74, 6) is 0.459. The number of nitrogens with zero attached hydrogens (tertiary/aromatic N) is 2. The molecule has 6 nitrogen and oxygen atoms in total. The van der Waals surface area contributed by atoms with Gasteiger partial charge in [-0.3, -0.25) is 4.79 Å². The molecule has 2 fully saturated rings. The molecule has 2 aliphatic heterocycles. The van der Waals surface area contributed by atoms with Gasteiger partial charge in [0.15, 0.2) is 0 Å². The van der Waals surface area contributed by atoms with Crippen LogP contribution in [0.1, 0.15) is 35.4 Å². The number of piperidine rings is 1. The molecule has 1 aromatic heterocycles. The Bertz CT molecular complexity index is 679. The number of likely N-dealkylation sites (tertiary alicyclic amines) is 1. The number of hydrogen-bond acceptors (Lipinski definition) is 5. The molecule has 0 saturated carbocycles. The number of carbonyl (C=O) groups excluding carboxylic acids is 1. The first-order valence-electron chi connectivity index (χ1n) is 8.55. The number of thiophene rings is 1. The van der Waals surface area contributed by atoms with Crippen LogP contribution in [0.4, 0.5) is 0 Å². The number of hydrogen-bond donors (Lipinski definition) is 1. The maximum absolute atomic E-state index is 12.8. The summed E-state index contributed by atoms with van der Waals surface area (Å²) in [6, 6.07) is 1.58. The van der Waals surface area contributed by atoms with E-state index in [-0.39, 0.29) is 23.2 Å². The largest absolute Gasteiger partial charge is 0.338 e. The molecule has 2 saturated heterocycles. The first-order chi connectivity index (χ1) is 11.5. The molecule has 3 rings (SSSR count). The van der Waals surface area contributed by atoms with Crippen LogP contribution >= 0.6 is 23.7 Å². The molecule has 0 aromatic carbocycles. The summed E-state index contributed by atoms with van der Waals surface area (Å²) < 4.78 is 27.1. The van der Waals surface area contributed by atoms with Crippen molar-refractivity contribution in [2.75, 3.05) is 39.8 Å². The van der Waals surface area contributed by atoms with Gasteiger partial charge in [-0.15, -0.1) is 23.7 Å². The lowest BCUT2D eigenvalue weighted by Gasteiger charge is -2.32. The van der Waals surface area contributed by atoms with Gasteiger partial charge in [0.1, 0.15) is 9.77 Å². The molecule has 0 radical (unpaired) electrons. The molecule has 0 spiro atoms. The van der Waals surface area contributed by atoms with Gasteiger partial charge in [-0.2, -0.15) is 4.31 Å². The van der Waals surface area contributed by atoms with Crippen LogP contribution in [0, 0.1) is 5.92 Å². The zero-order valence-electron chi connectivity index (χ0n) is 14.4. The quantitative estimate of drug-likeness (QED) is 0.810. The summed E-state index contributed by atoms with van der Waals surface area (Å²) in [4.78, 5) is 15.2. The van der Waals surface area contributed by atoms with E-state index in [1.807, 2.05) is 7.05 Å². The van der Waals surface area contributed by atoms with Gasteiger partial charge in [0, 0.05) is 26.2 Å². The topological polar surface area (TPSA) is 69.7 Å². The minimum absolute atomic E-state index is 0. The molecule has 142 valence electrons. The van der Waals surface area contributed by atoms with Crippen LogP contribution < -0.4 is 5.32 Å². The Kier molecular flexibility index (Phi) is 7.28. The number of rotatable bonds is 5. The Hall–Kier alpha value is -0.670. The van der Waals surface area contributed by atoms with Crippen LogP contribution in [0.15, 0.2) is 16.3 Å². The van der Waals surface area contributed by atoms with Crippen LogP contribution in [-0.4, -0.2) is 63.3 Å². The van der Waals surface area contributed by atoms with E-state index in [2.05, 4.69) is 5.32 Å². The van der Waals surface area contributed by atoms with E-state index in [1.165, 1.54) is 15.6 Å². The van der Waals surface area contributed by atoms with Crippen molar-refractivity contribution in [3.05, 3.63) is 16.3 Å². The smallest absolute Gasteiger partial charge is 0.265 e. The Balaban J connectivity index is 0.00000225. The number of nitrogens with one attached hydrogen (secondary N) is 1. The fraction of sp³-hybridized carbons (Fsp3) is 0.688. The fourth-order valence-electron chi connectivity index (χ4n) is 3.50. The molecule has 3 heterocycles. The summed E-state index contributed by atoms with van der Waals surface area (Å²) in [6.45, 7) is 3.48. The maximum atomic E-state index is 12.8. The van der Waals surface area contributed by atoms with Crippen LogP contribution in [0.5, 0.6) is 0 Å². The van der Waals surface area contributed by atoms with Crippen molar-refractivity contribution >= 4 is 39.7 Å². The number of halogens is 1. The van der Waals surface area contributed by atoms with Crippen molar-refractivity contribution in [2.45, 2.75) is 30.6 Å². The minimum atomic E-state index is -3.54. The summed E-state index contributed by atoms with van der Waals surface area (Å²) in [5, 5.41) is 4.90. The predicted octanol–water partition coefficient (Wildman–Crippen LogP) is 2.03. The molecule has 1 N–H and O–H groups in total. The van der Waals surface area contributed by atoms with Gasteiger partial charge in [0.25, 0.3) is 5.91 Å². The lowest BCUT2D eigenvalue weighted by atomic mass is 9.97. The van der Waals surface area contributed by atoms with Gasteiger partial charge in [0.2, 0.25) is 10.0 Å². The van der Waals surface area contributed by atoms with E-state index in [1.54, 1.807) is 16.3 Å². The molecule has 25 heavy (non-hydrogen) atoms. The van der Waals surface area contributed by atoms with Crippen molar-refractivity contribution < 1.29 is 13.2 Å². The van der Waals surface area contributed by atoms with Gasteiger partial charge in [-0.25, -0.2) is 8.42 Å². The zero-order valence-corrected chi connectivity index (χ0v) is 16.9. The summed E-state index contributed by atoms with van der Waals surface area (Å²) in [5.41, 5.74) is 0. The number of amides is 1. The molecule has 1 amide bonds. The van der Waals surface area contributed by atoms with E-state index in [4.69, 9.17) is 0 Å². The second-order valence-electron chi connectivity index (χ2n) is 6.52. The standard InChI is InChI=1S/C16H25N3O3S2.ClH/c1-17-12-13-4-9-18(10-5-13)16(20)15-14(6-11-23-15)24(21,22)19-7-2-3-8-19;/h6,11,13,17H,2-5,7-10,12H2,1H3;1H. The minimum Gasteiger partial charge on any atom is -0.338 e. The summed E-state index contributed by atoms with van der Waals surface area (Å²) in [6.07, 6.45) is 3.72. The Morgan fingerprint density at radius 3 is 2.48 bits per heavy atom. The predicted molar refractivity (Wildman–Crippen MR) is 102 cm³/mol. The van der Waals surface area contributed by atoms with Crippen molar-refractivity contribution in [1.82, 2.24) is 14.5 Å². The lowest BCUT2D eigenvalue weighted by Crippen LogP contribution is -2.40.